The predicted molar refractivity (Wildman–Crippen MR) is 98.6 cm³/mol. The average molecular weight is 391 g/mol. The minimum Gasteiger partial charge on any atom is -0.338 e. The molecule has 1 fully saturated rings. The normalized spacial score (nSPS) is 17.5. The van der Waals surface area contributed by atoms with Crippen molar-refractivity contribution in [2.45, 2.75) is 19.8 Å². The third-order valence-electron chi connectivity index (χ3n) is 4.57. The third-order valence-corrected chi connectivity index (χ3v) is 5.10. The summed E-state index contributed by atoms with van der Waals surface area (Å²) in [6, 6.07) is 7.98. The van der Waals surface area contributed by atoms with E-state index in [1.807, 2.05) is 40.9 Å². The fourth-order valence-electron chi connectivity index (χ4n) is 3.34. The summed E-state index contributed by atoms with van der Waals surface area (Å²) in [5.41, 5.74) is 2.67. The molecule has 1 atom stereocenters. The zero-order valence-corrected chi connectivity index (χ0v) is 15.7. The molecule has 0 unspecified atom stereocenters. The number of nitrogens with one attached hydrogen (secondary N) is 1. The molecule has 2 aromatic rings. The maximum atomic E-state index is 12.9. The SMILES string of the molecule is CCc1c(C(=O)N2CC[C@H](CNC)C2)cnn1-c1ccc(Br)cc1. The molecule has 0 spiro atoms. The van der Waals surface area contributed by atoms with Gasteiger partial charge in [0.05, 0.1) is 23.1 Å². The number of carbonyl (C=O) groups excluding carboxylic acids is 1. The number of halogens is 1. The Bertz CT molecular complexity index is 710. The lowest BCUT2D eigenvalue weighted by Crippen LogP contribution is -2.30. The number of carbonyl (C=O) groups is 1. The number of benzene rings is 1. The standard InChI is InChI=1S/C18H23BrN4O/c1-3-17-16(18(24)22-9-8-13(12-22)10-20-2)11-21-23(17)15-6-4-14(19)5-7-15/h4-7,11,13,20H,3,8-10,12H2,1-2H3/t13-/m1/s1. The van der Waals surface area contributed by atoms with Crippen LogP contribution in [0.1, 0.15) is 29.4 Å². The lowest BCUT2D eigenvalue weighted by molar-refractivity contribution is 0.0786. The molecule has 6 heteroatoms. The van der Waals surface area contributed by atoms with Gasteiger partial charge in [0.1, 0.15) is 0 Å². The highest BCUT2D eigenvalue weighted by Gasteiger charge is 2.29. The van der Waals surface area contributed by atoms with Crippen molar-refractivity contribution in [2.24, 2.45) is 5.92 Å². The quantitative estimate of drug-likeness (QED) is 0.853. The second-order valence-corrected chi connectivity index (χ2v) is 7.13. The van der Waals surface area contributed by atoms with Crippen LogP contribution in [0.5, 0.6) is 0 Å². The van der Waals surface area contributed by atoms with Crippen molar-refractivity contribution >= 4 is 21.8 Å². The largest absolute Gasteiger partial charge is 0.338 e. The summed E-state index contributed by atoms with van der Waals surface area (Å²) in [5.74, 6) is 0.652. The summed E-state index contributed by atoms with van der Waals surface area (Å²) in [5, 5.41) is 7.68. The van der Waals surface area contributed by atoms with Crippen LogP contribution in [0.15, 0.2) is 34.9 Å². The van der Waals surface area contributed by atoms with E-state index in [4.69, 9.17) is 0 Å². The molecular weight excluding hydrogens is 368 g/mol. The number of nitrogens with zero attached hydrogens (tertiary/aromatic N) is 3. The molecule has 1 amide bonds. The van der Waals surface area contributed by atoms with Crippen LogP contribution in [0.4, 0.5) is 0 Å². The van der Waals surface area contributed by atoms with Gasteiger partial charge in [0, 0.05) is 17.6 Å². The number of rotatable bonds is 5. The van der Waals surface area contributed by atoms with E-state index in [1.165, 1.54) is 0 Å². The van der Waals surface area contributed by atoms with Crippen molar-refractivity contribution in [1.82, 2.24) is 20.0 Å². The molecule has 0 aliphatic carbocycles. The molecule has 3 rings (SSSR count). The van der Waals surface area contributed by atoms with Crippen molar-refractivity contribution in [2.75, 3.05) is 26.7 Å². The Kier molecular flexibility index (Phi) is 5.36. The molecule has 1 saturated heterocycles. The monoisotopic (exact) mass is 390 g/mol. The van der Waals surface area contributed by atoms with Gasteiger partial charge in [-0.05, 0) is 56.6 Å². The Morgan fingerprint density at radius 2 is 2.12 bits per heavy atom. The molecule has 128 valence electrons. The summed E-state index contributed by atoms with van der Waals surface area (Å²) in [6.45, 7) is 4.68. The number of amides is 1. The first-order valence-corrected chi connectivity index (χ1v) is 9.20. The van der Waals surface area contributed by atoms with Gasteiger partial charge < -0.3 is 10.2 Å². The van der Waals surface area contributed by atoms with E-state index in [9.17, 15) is 4.79 Å². The zero-order chi connectivity index (χ0) is 17.1. The first kappa shape index (κ1) is 17.2. The Morgan fingerprint density at radius 3 is 2.79 bits per heavy atom. The van der Waals surface area contributed by atoms with Crippen LogP contribution in [0.2, 0.25) is 0 Å². The van der Waals surface area contributed by atoms with E-state index in [0.29, 0.717) is 5.92 Å². The third kappa shape index (κ3) is 3.39. The van der Waals surface area contributed by atoms with Crippen LogP contribution in [0, 0.1) is 5.92 Å². The predicted octanol–water partition coefficient (Wildman–Crippen LogP) is 2.88. The van der Waals surface area contributed by atoms with E-state index in [2.05, 4.69) is 33.3 Å². The average Bonchev–Trinajstić information content (AvgIpc) is 3.22. The summed E-state index contributed by atoms with van der Waals surface area (Å²) in [4.78, 5) is 14.9. The maximum absolute atomic E-state index is 12.9. The van der Waals surface area contributed by atoms with Gasteiger partial charge in [0.2, 0.25) is 0 Å². The van der Waals surface area contributed by atoms with E-state index in [1.54, 1.807) is 6.20 Å². The fourth-order valence-corrected chi connectivity index (χ4v) is 3.60. The Balaban J connectivity index is 1.84. The number of likely N-dealkylation sites (tertiary alicyclic amines) is 1. The molecule has 24 heavy (non-hydrogen) atoms. The van der Waals surface area contributed by atoms with Gasteiger partial charge in [-0.25, -0.2) is 4.68 Å². The summed E-state index contributed by atoms with van der Waals surface area (Å²) in [7, 11) is 1.96. The smallest absolute Gasteiger partial charge is 0.257 e. The highest BCUT2D eigenvalue weighted by molar-refractivity contribution is 9.10. The van der Waals surface area contributed by atoms with Gasteiger partial charge in [0.25, 0.3) is 5.91 Å². The highest BCUT2D eigenvalue weighted by atomic mass is 79.9. The second kappa shape index (κ2) is 7.49. The van der Waals surface area contributed by atoms with Gasteiger partial charge >= 0.3 is 0 Å². The van der Waals surface area contributed by atoms with Crippen LogP contribution < -0.4 is 5.32 Å². The van der Waals surface area contributed by atoms with Crippen molar-refractivity contribution in [3.8, 4) is 5.69 Å². The molecule has 1 aliphatic rings. The summed E-state index contributed by atoms with van der Waals surface area (Å²) < 4.78 is 2.90. The molecule has 5 nitrogen and oxygen atoms in total. The number of hydrogen-bond donors (Lipinski definition) is 1. The molecule has 0 radical (unpaired) electrons. The summed E-state index contributed by atoms with van der Waals surface area (Å²) in [6.07, 6.45) is 3.55. The van der Waals surface area contributed by atoms with Gasteiger partial charge in [-0.1, -0.05) is 22.9 Å². The molecule has 1 aromatic heterocycles. The van der Waals surface area contributed by atoms with Crippen LogP contribution in [-0.4, -0.2) is 47.3 Å². The Morgan fingerprint density at radius 1 is 1.38 bits per heavy atom. The number of hydrogen-bond acceptors (Lipinski definition) is 3. The van der Waals surface area contributed by atoms with Crippen LogP contribution in [0.3, 0.4) is 0 Å². The van der Waals surface area contributed by atoms with E-state index in [0.717, 1.165) is 53.9 Å². The Hall–Kier alpha value is -1.66. The van der Waals surface area contributed by atoms with Crippen LogP contribution in [0.25, 0.3) is 5.69 Å². The van der Waals surface area contributed by atoms with Gasteiger partial charge in [0.15, 0.2) is 0 Å². The molecule has 0 bridgehead atoms. The highest BCUT2D eigenvalue weighted by Crippen LogP contribution is 2.22. The molecular formula is C18H23BrN4O. The zero-order valence-electron chi connectivity index (χ0n) is 14.1. The van der Waals surface area contributed by atoms with E-state index in [-0.39, 0.29) is 5.91 Å². The van der Waals surface area contributed by atoms with E-state index >= 15 is 0 Å². The van der Waals surface area contributed by atoms with Crippen molar-refractivity contribution < 1.29 is 4.79 Å². The first-order valence-electron chi connectivity index (χ1n) is 8.40. The molecule has 1 aliphatic heterocycles. The van der Waals surface area contributed by atoms with Gasteiger partial charge in [-0.2, -0.15) is 5.10 Å². The first-order chi connectivity index (χ1) is 11.6. The minimum atomic E-state index is 0.105. The van der Waals surface area contributed by atoms with Gasteiger partial charge in [-0.15, -0.1) is 0 Å². The van der Waals surface area contributed by atoms with Crippen LogP contribution >= 0.6 is 15.9 Å². The number of aromatic nitrogens is 2. The lowest BCUT2D eigenvalue weighted by Gasteiger charge is -2.17. The van der Waals surface area contributed by atoms with Gasteiger partial charge in [-0.3, -0.25) is 4.79 Å². The minimum absolute atomic E-state index is 0.105. The maximum Gasteiger partial charge on any atom is 0.257 e. The van der Waals surface area contributed by atoms with E-state index < -0.39 is 0 Å². The molecule has 0 saturated carbocycles. The molecule has 1 aromatic carbocycles. The fraction of sp³-hybridized carbons (Fsp3) is 0.444. The lowest BCUT2D eigenvalue weighted by atomic mass is 10.1. The summed E-state index contributed by atoms with van der Waals surface area (Å²) >= 11 is 3.45. The van der Waals surface area contributed by atoms with Crippen molar-refractivity contribution in [3.63, 3.8) is 0 Å². The Labute approximate surface area is 151 Å². The second-order valence-electron chi connectivity index (χ2n) is 6.21. The topological polar surface area (TPSA) is 50.2 Å². The van der Waals surface area contributed by atoms with Crippen molar-refractivity contribution in [3.05, 3.63) is 46.2 Å². The van der Waals surface area contributed by atoms with Crippen molar-refractivity contribution in [1.29, 1.82) is 0 Å². The van der Waals surface area contributed by atoms with Crippen LogP contribution in [-0.2, 0) is 6.42 Å². The molecule has 1 N–H and O–H groups in total. The molecule has 2 heterocycles.